The molecule has 122 valence electrons. The summed E-state index contributed by atoms with van der Waals surface area (Å²) in [5.74, 6) is 1.40. The number of amides is 1. The van der Waals surface area contributed by atoms with Gasteiger partial charge in [0.25, 0.3) is 0 Å². The fourth-order valence-corrected chi connectivity index (χ4v) is 3.07. The van der Waals surface area contributed by atoms with Crippen LogP contribution in [0.15, 0.2) is 70.4 Å². The Kier molecular flexibility index (Phi) is 5.56. The van der Waals surface area contributed by atoms with Crippen molar-refractivity contribution in [3.8, 4) is 11.3 Å². The van der Waals surface area contributed by atoms with Gasteiger partial charge in [-0.15, -0.1) is 11.8 Å². The highest BCUT2D eigenvalue weighted by Gasteiger charge is 2.05. The van der Waals surface area contributed by atoms with Gasteiger partial charge in [0, 0.05) is 33.3 Å². The SMILES string of the molecule is O=C(CCSc1ccc(Cl)cc1)Nc1ccc(-c2cnco2)cc1. The van der Waals surface area contributed by atoms with E-state index >= 15 is 0 Å². The van der Waals surface area contributed by atoms with E-state index < -0.39 is 0 Å². The van der Waals surface area contributed by atoms with Gasteiger partial charge in [0.15, 0.2) is 12.2 Å². The predicted molar refractivity (Wildman–Crippen MR) is 97.4 cm³/mol. The van der Waals surface area contributed by atoms with Crippen LogP contribution in [-0.4, -0.2) is 16.6 Å². The van der Waals surface area contributed by atoms with E-state index in [0.717, 1.165) is 16.1 Å². The normalized spacial score (nSPS) is 10.5. The number of carbonyl (C=O) groups excluding carboxylic acids is 1. The third kappa shape index (κ3) is 4.63. The number of hydrogen-bond acceptors (Lipinski definition) is 4. The van der Waals surface area contributed by atoms with Crippen LogP contribution in [0.5, 0.6) is 0 Å². The monoisotopic (exact) mass is 358 g/mol. The molecule has 0 radical (unpaired) electrons. The van der Waals surface area contributed by atoms with Gasteiger partial charge in [-0.2, -0.15) is 0 Å². The van der Waals surface area contributed by atoms with Crippen LogP contribution in [0.3, 0.4) is 0 Å². The Hall–Kier alpha value is -2.24. The number of aromatic nitrogens is 1. The highest BCUT2D eigenvalue weighted by Crippen LogP contribution is 2.22. The summed E-state index contributed by atoms with van der Waals surface area (Å²) in [5, 5.41) is 3.60. The molecule has 0 saturated carbocycles. The van der Waals surface area contributed by atoms with Gasteiger partial charge >= 0.3 is 0 Å². The molecule has 0 aliphatic carbocycles. The van der Waals surface area contributed by atoms with Crippen LogP contribution in [0.25, 0.3) is 11.3 Å². The number of thioether (sulfide) groups is 1. The van der Waals surface area contributed by atoms with Crippen molar-refractivity contribution in [2.24, 2.45) is 0 Å². The minimum atomic E-state index is -0.0103. The van der Waals surface area contributed by atoms with Crippen molar-refractivity contribution >= 4 is 35.0 Å². The molecule has 0 spiro atoms. The molecule has 0 saturated heterocycles. The average molecular weight is 359 g/mol. The Morgan fingerprint density at radius 3 is 2.54 bits per heavy atom. The van der Waals surface area contributed by atoms with Crippen molar-refractivity contribution < 1.29 is 9.21 Å². The third-order valence-corrected chi connectivity index (χ3v) is 4.56. The van der Waals surface area contributed by atoms with Crippen molar-refractivity contribution in [3.63, 3.8) is 0 Å². The van der Waals surface area contributed by atoms with Crippen molar-refractivity contribution in [1.29, 1.82) is 0 Å². The summed E-state index contributed by atoms with van der Waals surface area (Å²) >= 11 is 7.48. The van der Waals surface area contributed by atoms with Gasteiger partial charge in [0.05, 0.1) is 6.20 Å². The molecule has 0 atom stereocenters. The smallest absolute Gasteiger partial charge is 0.225 e. The van der Waals surface area contributed by atoms with Crippen LogP contribution in [0.4, 0.5) is 5.69 Å². The fourth-order valence-electron chi connectivity index (χ4n) is 2.09. The van der Waals surface area contributed by atoms with Gasteiger partial charge < -0.3 is 9.73 Å². The van der Waals surface area contributed by atoms with E-state index in [9.17, 15) is 4.79 Å². The summed E-state index contributed by atoms with van der Waals surface area (Å²) in [6.07, 6.45) is 3.49. The van der Waals surface area contributed by atoms with E-state index in [1.807, 2.05) is 48.5 Å². The van der Waals surface area contributed by atoms with Crippen LogP contribution >= 0.6 is 23.4 Å². The molecular formula is C18H15ClN2O2S. The second-order valence-corrected chi connectivity index (χ2v) is 6.65. The number of halogens is 1. The van der Waals surface area contributed by atoms with Gasteiger partial charge in [0.1, 0.15) is 0 Å². The molecule has 4 nitrogen and oxygen atoms in total. The van der Waals surface area contributed by atoms with Gasteiger partial charge in [-0.1, -0.05) is 11.6 Å². The summed E-state index contributed by atoms with van der Waals surface area (Å²) in [6.45, 7) is 0. The fraction of sp³-hybridized carbons (Fsp3) is 0.111. The molecule has 1 N–H and O–H groups in total. The minimum Gasteiger partial charge on any atom is -0.444 e. The molecule has 0 aliphatic rings. The maximum absolute atomic E-state index is 12.0. The highest BCUT2D eigenvalue weighted by atomic mass is 35.5. The lowest BCUT2D eigenvalue weighted by Crippen LogP contribution is -2.12. The summed E-state index contributed by atoms with van der Waals surface area (Å²) < 4.78 is 5.23. The predicted octanol–water partition coefficient (Wildman–Crippen LogP) is 5.12. The molecule has 1 aromatic heterocycles. The van der Waals surface area contributed by atoms with Crippen LogP contribution in [0.1, 0.15) is 6.42 Å². The summed E-state index contributed by atoms with van der Waals surface area (Å²) in [7, 11) is 0. The van der Waals surface area contributed by atoms with Gasteiger partial charge in [-0.25, -0.2) is 4.98 Å². The molecule has 1 heterocycles. The standard InChI is InChI=1S/C18H15ClN2O2S/c19-14-3-7-16(8-4-14)24-10-9-18(22)21-15-5-1-13(2-6-15)17-11-20-12-23-17/h1-8,11-12H,9-10H2,(H,21,22). The zero-order valence-electron chi connectivity index (χ0n) is 12.7. The van der Waals surface area contributed by atoms with Crippen LogP contribution in [-0.2, 0) is 4.79 Å². The van der Waals surface area contributed by atoms with E-state index in [1.54, 1.807) is 18.0 Å². The lowest BCUT2D eigenvalue weighted by molar-refractivity contribution is -0.115. The van der Waals surface area contributed by atoms with Gasteiger partial charge in [-0.05, 0) is 48.5 Å². The Morgan fingerprint density at radius 2 is 1.88 bits per heavy atom. The van der Waals surface area contributed by atoms with Gasteiger partial charge in [-0.3, -0.25) is 4.79 Å². The first-order chi connectivity index (χ1) is 11.7. The van der Waals surface area contributed by atoms with Crippen LogP contribution < -0.4 is 5.32 Å². The highest BCUT2D eigenvalue weighted by molar-refractivity contribution is 7.99. The summed E-state index contributed by atoms with van der Waals surface area (Å²) in [6, 6.07) is 15.1. The number of oxazole rings is 1. The van der Waals surface area contributed by atoms with Crippen molar-refractivity contribution in [2.45, 2.75) is 11.3 Å². The molecule has 6 heteroatoms. The van der Waals surface area contributed by atoms with Gasteiger partial charge in [0.2, 0.25) is 5.91 Å². The molecule has 24 heavy (non-hydrogen) atoms. The van der Waals surface area contributed by atoms with Crippen molar-refractivity contribution in [1.82, 2.24) is 4.98 Å². The molecule has 3 rings (SSSR count). The van der Waals surface area contributed by atoms with E-state index in [1.165, 1.54) is 6.39 Å². The molecule has 0 unspecified atom stereocenters. The largest absolute Gasteiger partial charge is 0.444 e. The molecule has 3 aromatic rings. The van der Waals surface area contributed by atoms with E-state index in [0.29, 0.717) is 23.0 Å². The number of rotatable bonds is 6. The van der Waals surface area contributed by atoms with Crippen LogP contribution in [0, 0.1) is 0 Å². The maximum atomic E-state index is 12.0. The quantitative estimate of drug-likeness (QED) is 0.621. The second-order valence-electron chi connectivity index (χ2n) is 5.04. The third-order valence-electron chi connectivity index (χ3n) is 3.30. The Balaban J connectivity index is 1.47. The number of nitrogens with zero attached hydrogens (tertiary/aromatic N) is 1. The lowest BCUT2D eigenvalue weighted by Gasteiger charge is -2.06. The molecule has 0 aliphatic heterocycles. The first-order valence-corrected chi connectivity index (χ1v) is 8.74. The van der Waals surface area contributed by atoms with Crippen molar-refractivity contribution in [3.05, 3.63) is 66.1 Å². The molecule has 2 aromatic carbocycles. The summed E-state index contributed by atoms with van der Waals surface area (Å²) in [5.41, 5.74) is 1.68. The molecule has 0 fully saturated rings. The first kappa shape index (κ1) is 16.6. The second kappa shape index (κ2) is 8.04. The van der Waals surface area contributed by atoms with E-state index in [-0.39, 0.29) is 5.91 Å². The molecule has 1 amide bonds. The first-order valence-electron chi connectivity index (χ1n) is 7.38. The maximum Gasteiger partial charge on any atom is 0.225 e. The topological polar surface area (TPSA) is 55.1 Å². The zero-order valence-corrected chi connectivity index (χ0v) is 14.3. The van der Waals surface area contributed by atoms with E-state index in [2.05, 4.69) is 10.3 Å². The Labute approximate surface area is 149 Å². The molecule has 0 bridgehead atoms. The van der Waals surface area contributed by atoms with Crippen molar-refractivity contribution in [2.75, 3.05) is 11.1 Å². The molecular weight excluding hydrogens is 344 g/mol. The number of nitrogens with one attached hydrogen (secondary N) is 1. The van der Waals surface area contributed by atoms with E-state index in [4.69, 9.17) is 16.0 Å². The number of hydrogen-bond donors (Lipinski definition) is 1. The number of benzene rings is 2. The minimum absolute atomic E-state index is 0.0103. The summed E-state index contributed by atoms with van der Waals surface area (Å²) in [4.78, 5) is 17.0. The zero-order chi connectivity index (χ0) is 16.8. The Morgan fingerprint density at radius 1 is 1.12 bits per heavy atom. The average Bonchev–Trinajstić information content (AvgIpc) is 3.12. The number of carbonyl (C=O) groups is 1. The lowest BCUT2D eigenvalue weighted by atomic mass is 10.1. The van der Waals surface area contributed by atoms with Crippen LogP contribution in [0.2, 0.25) is 5.02 Å². The number of anilines is 1. The Bertz CT molecular complexity index is 787.